The molecule has 3 saturated heterocycles. The van der Waals surface area contributed by atoms with E-state index in [1.807, 2.05) is 60.7 Å². The fourth-order valence-corrected chi connectivity index (χ4v) is 8.65. The highest BCUT2D eigenvalue weighted by molar-refractivity contribution is 8.02. The fraction of sp³-hybridized carbons (Fsp3) is 0.483. The molecule has 0 radical (unpaired) electrons. The number of amides is 3. The summed E-state index contributed by atoms with van der Waals surface area (Å²) in [5.41, 5.74) is 1.78. The van der Waals surface area contributed by atoms with Gasteiger partial charge in [-0.15, -0.1) is 11.8 Å². The molecule has 3 N–H and O–H groups in total. The van der Waals surface area contributed by atoms with Gasteiger partial charge in [-0.25, -0.2) is 0 Å². The molecule has 7 nitrogen and oxygen atoms in total. The number of benzene rings is 2. The maximum Gasteiger partial charge on any atom is 0.244 e. The van der Waals surface area contributed by atoms with E-state index in [1.54, 1.807) is 16.7 Å². The maximum absolute atomic E-state index is 14.2. The molecule has 2 bridgehead atoms. The number of nitrogens with one attached hydrogen (secondary N) is 2. The van der Waals surface area contributed by atoms with Crippen LogP contribution in [-0.4, -0.2) is 56.9 Å². The number of carbonyl (C=O) groups excluding carboxylic acids is 3. The third-order valence-corrected chi connectivity index (χ3v) is 10.1. The summed E-state index contributed by atoms with van der Waals surface area (Å²) in [6.07, 6.45) is 3.30. The highest BCUT2D eigenvalue weighted by Gasteiger charge is 2.74. The fourth-order valence-electron chi connectivity index (χ4n) is 6.44. The van der Waals surface area contributed by atoms with Crippen molar-refractivity contribution in [1.29, 1.82) is 0 Å². The van der Waals surface area contributed by atoms with Crippen LogP contribution in [0, 0.1) is 11.8 Å². The van der Waals surface area contributed by atoms with Crippen molar-refractivity contribution in [1.82, 2.24) is 15.5 Å². The van der Waals surface area contributed by atoms with Crippen molar-refractivity contribution < 1.29 is 19.5 Å². The molecule has 0 aliphatic carbocycles. The SMILES string of the molecule is CCCCNC(=O)C1N([C@H](CO)c2ccccc2)C(=O)[C@@H]2[C@@H](C(=O)NCc3ccccc3)[C@H]3CCC12S3. The van der Waals surface area contributed by atoms with Gasteiger partial charge >= 0.3 is 0 Å². The normalized spacial score (nSPS) is 28.7. The number of hydrogen-bond donors (Lipinski definition) is 3. The second-order valence-electron chi connectivity index (χ2n) is 10.3. The molecule has 2 aromatic rings. The Morgan fingerprint density at radius 3 is 2.46 bits per heavy atom. The van der Waals surface area contributed by atoms with Crippen LogP contribution in [0.5, 0.6) is 0 Å². The third-order valence-electron chi connectivity index (χ3n) is 8.12. The van der Waals surface area contributed by atoms with Crippen molar-refractivity contribution in [2.45, 2.75) is 61.2 Å². The van der Waals surface area contributed by atoms with Crippen molar-refractivity contribution in [3.8, 4) is 0 Å². The van der Waals surface area contributed by atoms with E-state index in [1.165, 1.54) is 0 Å². The van der Waals surface area contributed by atoms with E-state index in [4.69, 9.17) is 0 Å². The molecule has 3 heterocycles. The number of nitrogens with zero attached hydrogens (tertiary/aromatic N) is 1. The van der Waals surface area contributed by atoms with Gasteiger partial charge in [0.15, 0.2) is 0 Å². The van der Waals surface area contributed by atoms with E-state index in [0.29, 0.717) is 19.5 Å². The summed E-state index contributed by atoms with van der Waals surface area (Å²) in [7, 11) is 0. The third kappa shape index (κ3) is 4.55. The average Bonchev–Trinajstić information content (AvgIpc) is 3.57. The summed E-state index contributed by atoms with van der Waals surface area (Å²) < 4.78 is -0.672. The minimum Gasteiger partial charge on any atom is -0.394 e. The Hall–Kier alpha value is -2.84. The van der Waals surface area contributed by atoms with Crippen LogP contribution in [-0.2, 0) is 20.9 Å². The molecule has 196 valence electrons. The first-order valence-corrected chi connectivity index (χ1v) is 14.1. The first kappa shape index (κ1) is 25.8. The number of thioether (sulfide) groups is 1. The molecule has 2 aromatic carbocycles. The van der Waals surface area contributed by atoms with E-state index in [2.05, 4.69) is 17.6 Å². The first-order valence-electron chi connectivity index (χ1n) is 13.3. The van der Waals surface area contributed by atoms with Crippen molar-refractivity contribution in [2.75, 3.05) is 13.2 Å². The molecule has 1 spiro atoms. The van der Waals surface area contributed by atoms with Crippen LogP contribution in [0.15, 0.2) is 60.7 Å². The summed E-state index contributed by atoms with van der Waals surface area (Å²) in [5, 5.41) is 16.6. The predicted octanol–water partition coefficient (Wildman–Crippen LogP) is 3.04. The number of aliphatic hydroxyl groups excluding tert-OH is 1. The molecule has 3 amide bonds. The van der Waals surface area contributed by atoms with E-state index >= 15 is 0 Å². The molecule has 3 aliphatic rings. The van der Waals surface area contributed by atoms with Gasteiger partial charge in [0.1, 0.15) is 6.04 Å². The van der Waals surface area contributed by atoms with Crippen LogP contribution < -0.4 is 10.6 Å². The van der Waals surface area contributed by atoms with Gasteiger partial charge in [-0.05, 0) is 30.4 Å². The van der Waals surface area contributed by atoms with Crippen LogP contribution in [0.25, 0.3) is 0 Å². The van der Waals surface area contributed by atoms with E-state index in [0.717, 1.165) is 30.4 Å². The zero-order chi connectivity index (χ0) is 26.0. The van der Waals surface area contributed by atoms with Crippen molar-refractivity contribution in [3.05, 3.63) is 71.8 Å². The Morgan fingerprint density at radius 2 is 1.78 bits per heavy atom. The van der Waals surface area contributed by atoms with Crippen molar-refractivity contribution >= 4 is 29.5 Å². The van der Waals surface area contributed by atoms with E-state index < -0.39 is 28.7 Å². The molecule has 5 rings (SSSR count). The summed E-state index contributed by atoms with van der Waals surface area (Å²) >= 11 is 1.65. The van der Waals surface area contributed by atoms with Gasteiger partial charge in [0.25, 0.3) is 0 Å². The smallest absolute Gasteiger partial charge is 0.244 e. The van der Waals surface area contributed by atoms with Gasteiger partial charge < -0.3 is 20.6 Å². The molecular formula is C29H35N3O4S. The summed E-state index contributed by atoms with van der Waals surface area (Å²) in [5.74, 6) is -1.61. The number of fused-ring (bicyclic) bond motifs is 1. The Kier molecular flexibility index (Phi) is 7.58. The zero-order valence-electron chi connectivity index (χ0n) is 21.1. The van der Waals surface area contributed by atoms with E-state index in [-0.39, 0.29) is 29.6 Å². The molecule has 3 aliphatic heterocycles. The highest BCUT2D eigenvalue weighted by atomic mass is 32.2. The van der Waals surface area contributed by atoms with Gasteiger partial charge in [-0.2, -0.15) is 0 Å². The molecule has 0 aromatic heterocycles. The largest absolute Gasteiger partial charge is 0.394 e. The Bertz CT molecular complexity index is 1130. The topological polar surface area (TPSA) is 98.7 Å². The number of hydrogen-bond acceptors (Lipinski definition) is 5. The van der Waals surface area contributed by atoms with Crippen LogP contribution in [0.3, 0.4) is 0 Å². The van der Waals surface area contributed by atoms with Gasteiger partial charge in [0.05, 0.1) is 29.2 Å². The van der Waals surface area contributed by atoms with Gasteiger partial charge in [0, 0.05) is 18.3 Å². The van der Waals surface area contributed by atoms with E-state index in [9.17, 15) is 19.5 Å². The Balaban J connectivity index is 1.47. The van der Waals surface area contributed by atoms with Crippen molar-refractivity contribution in [2.24, 2.45) is 11.8 Å². The minimum atomic E-state index is -0.735. The standard InChI is InChI=1S/C29H35N3O4S/c1-2-3-16-30-27(35)25-29-15-14-22(37-29)23(26(34)31-17-19-10-6-4-7-11-19)24(29)28(36)32(25)21(18-33)20-12-8-5-9-13-20/h4-13,21-25,33H,2-3,14-18H2,1H3,(H,30,35)(H,31,34)/t21-,22-,23+,24+,25?,29?/m1/s1. The molecular weight excluding hydrogens is 486 g/mol. The summed E-state index contributed by atoms with van der Waals surface area (Å²) in [4.78, 5) is 43.1. The highest BCUT2D eigenvalue weighted by Crippen LogP contribution is 2.67. The number of unbranched alkanes of at least 4 members (excludes halogenated alkanes) is 1. The van der Waals surface area contributed by atoms with Gasteiger partial charge in [-0.3, -0.25) is 14.4 Å². The number of aliphatic hydroxyl groups is 1. The number of carbonyl (C=O) groups is 3. The Morgan fingerprint density at radius 1 is 1.08 bits per heavy atom. The first-order chi connectivity index (χ1) is 18.0. The molecule has 3 fully saturated rings. The van der Waals surface area contributed by atoms with Crippen molar-refractivity contribution in [3.63, 3.8) is 0 Å². The Labute approximate surface area is 222 Å². The monoisotopic (exact) mass is 521 g/mol. The second kappa shape index (κ2) is 10.9. The average molecular weight is 522 g/mol. The summed E-state index contributed by atoms with van der Waals surface area (Å²) in [6, 6.07) is 17.7. The molecule has 2 unspecified atom stereocenters. The molecule has 0 saturated carbocycles. The zero-order valence-corrected chi connectivity index (χ0v) is 22.0. The van der Waals surface area contributed by atoms with Crippen LogP contribution >= 0.6 is 11.8 Å². The van der Waals surface area contributed by atoms with Gasteiger partial charge in [-0.1, -0.05) is 74.0 Å². The van der Waals surface area contributed by atoms with Crippen LogP contribution in [0.4, 0.5) is 0 Å². The lowest BCUT2D eigenvalue weighted by atomic mass is 9.70. The quantitative estimate of drug-likeness (QED) is 0.418. The summed E-state index contributed by atoms with van der Waals surface area (Å²) in [6.45, 7) is 2.71. The molecule has 37 heavy (non-hydrogen) atoms. The lowest BCUT2D eigenvalue weighted by Gasteiger charge is -2.37. The lowest BCUT2D eigenvalue weighted by molar-refractivity contribution is -0.143. The molecule has 6 atom stereocenters. The minimum absolute atomic E-state index is 0.00196. The number of rotatable bonds is 10. The predicted molar refractivity (Wildman–Crippen MR) is 143 cm³/mol. The maximum atomic E-state index is 14.2. The van der Waals surface area contributed by atoms with Gasteiger partial charge in [0.2, 0.25) is 17.7 Å². The second-order valence-corrected chi connectivity index (χ2v) is 11.9. The lowest BCUT2D eigenvalue weighted by Crippen LogP contribution is -2.54. The van der Waals surface area contributed by atoms with Crippen LogP contribution in [0.2, 0.25) is 0 Å². The molecule has 8 heteroatoms. The van der Waals surface area contributed by atoms with Crippen LogP contribution in [0.1, 0.15) is 49.8 Å². The number of likely N-dealkylation sites (tertiary alicyclic amines) is 1.